The summed E-state index contributed by atoms with van der Waals surface area (Å²) in [6.45, 7) is 11.0. The average molecular weight is 546 g/mol. The molecular formula is C30H39N7O3. The van der Waals surface area contributed by atoms with Crippen LogP contribution in [0.5, 0.6) is 0 Å². The van der Waals surface area contributed by atoms with E-state index in [4.69, 9.17) is 14.7 Å². The summed E-state index contributed by atoms with van der Waals surface area (Å²) in [6, 6.07) is 8.33. The summed E-state index contributed by atoms with van der Waals surface area (Å²) in [7, 11) is 0. The molecule has 2 fully saturated rings. The SMILES string of the molecule is C=CC(=O)N1CCCC(C(=O)Cc2cccc(CNc3nc(NC4CCOCC4)nc4c(C(C)C)cnn34)c2)C1. The van der Waals surface area contributed by atoms with E-state index in [9.17, 15) is 9.59 Å². The minimum absolute atomic E-state index is 0.104. The van der Waals surface area contributed by atoms with Crippen molar-refractivity contribution in [2.24, 2.45) is 5.92 Å². The van der Waals surface area contributed by atoms with Gasteiger partial charge in [0, 0.05) is 56.8 Å². The average Bonchev–Trinajstić information content (AvgIpc) is 3.41. The molecule has 0 radical (unpaired) electrons. The molecule has 40 heavy (non-hydrogen) atoms. The molecule has 2 aliphatic rings. The molecule has 10 nitrogen and oxygen atoms in total. The van der Waals surface area contributed by atoms with Gasteiger partial charge < -0.3 is 20.3 Å². The van der Waals surface area contributed by atoms with Crippen LogP contribution in [0.2, 0.25) is 0 Å². The number of carbonyl (C=O) groups excluding carboxylic acids is 2. The van der Waals surface area contributed by atoms with Crippen molar-refractivity contribution in [3.8, 4) is 0 Å². The minimum atomic E-state index is -0.134. The van der Waals surface area contributed by atoms with E-state index in [1.807, 2.05) is 24.4 Å². The maximum atomic E-state index is 13.1. The third kappa shape index (κ3) is 6.50. The molecule has 2 aromatic heterocycles. The number of benzene rings is 1. The first-order valence-corrected chi connectivity index (χ1v) is 14.3. The van der Waals surface area contributed by atoms with Gasteiger partial charge in [-0.3, -0.25) is 9.59 Å². The number of nitrogens with zero attached hydrogens (tertiary/aromatic N) is 5. The van der Waals surface area contributed by atoms with Crippen LogP contribution in [0.4, 0.5) is 11.9 Å². The summed E-state index contributed by atoms with van der Waals surface area (Å²) in [5.74, 6) is 1.41. The lowest BCUT2D eigenvalue weighted by atomic mass is 9.90. The molecule has 1 unspecified atom stereocenters. The second-order valence-corrected chi connectivity index (χ2v) is 11.0. The lowest BCUT2D eigenvalue weighted by Gasteiger charge is -2.31. The number of aromatic nitrogens is 4. The molecular weight excluding hydrogens is 506 g/mol. The fourth-order valence-electron chi connectivity index (χ4n) is 5.45. The Bertz CT molecular complexity index is 1360. The predicted molar refractivity (Wildman–Crippen MR) is 154 cm³/mol. The molecule has 4 heterocycles. The molecule has 5 rings (SSSR count). The Morgan fingerprint density at radius 3 is 2.75 bits per heavy atom. The van der Waals surface area contributed by atoms with E-state index in [-0.39, 0.29) is 29.6 Å². The molecule has 0 spiro atoms. The smallest absolute Gasteiger partial charge is 0.245 e. The van der Waals surface area contributed by atoms with Gasteiger partial charge in [-0.2, -0.15) is 19.6 Å². The quantitative estimate of drug-likeness (QED) is 0.368. The van der Waals surface area contributed by atoms with Gasteiger partial charge in [-0.25, -0.2) is 0 Å². The summed E-state index contributed by atoms with van der Waals surface area (Å²) in [4.78, 5) is 36.4. The fourth-order valence-corrected chi connectivity index (χ4v) is 5.45. The van der Waals surface area contributed by atoms with Crippen LogP contribution >= 0.6 is 0 Å². The number of amides is 1. The molecule has 10 heteroatoms. The van der Waals surface area contributed by atoms with Gasteiger partial charge in [0.25, 0.3) is 0 Å². The number of Topliss-reactive ketones (excluding diaryl/α,β-unsaturated/α-hetero) is 1. The van der Waals surface area contributed by atoms with Crippen molar-refractivity contribution in [3.05, 3.63) is 59.8 Å². The van der Waals surface area contributed by atoms with E-state index in [1.54, 1.807) is 9.42 Å². The number of likely N-dealkylation sites (tertiary alicyclic amines) is 1. The first kappa shape index (κ1) is 27.8. The van der Waals surface area contributed by atoms with Gasteiger partial charge in [0.05, 0.1) is 6.20 Å². The lowest BCUT2D eigenvalue weighted by molar-refractivity contribution is -0.130. The van der Waals surface area contributed by atoms with E-state index in [1.165, 1.54) is 6.08 Å². The normalized spacial score (nSPS) is 18.2. The molecule has 1 amide bonds. The van der Waals surface area contributed by atoms with Crippen molar-refractivity contribution in [1.29, 1.82) is 0 Å². The molecule has 0 aliphatic carbocycles. The molecule has 2 aliphatic heterocycles. The number of fused-ring (bicyclic) bond motifs is 1. The highest BCUT2D eigenvalue weighted by atomic mass is 16.5. The Labute approximate surface area is 235 Å². The van der Waals surface area contributed by atoms with Crippen molar-refractivity contribution in [3.63, 3.8) is 0 Å². The van der Waals surface area contributed by atoms with Gasteiger partial charge in [0.1, 0.15) is 5.78 Å². The summed E-state index contributed by atoms with van der Waals surface area (Å²) < 4.78 is 7.26. The van der Waals surface area contributed by atoms with Gasteiger partial charge in [-0.15, -0.1) is 0 Å². The lowest BCUT2D eigenvalue weighted by Crippen LogP contribution is -2.41. The number of anilines is 2. The number of hydrogen-bond acceptors (Lipinski definition) is 8. The molecule has 2 saturated heterocycles. The van der Waals surface area contributed by atoms with Crippen LogP contribution in [0.15, 0.2) is 43.1 Å². The summed E-state index contributed by atoms with van der Waals surface area (Å²) in [6.07, 6.45) is 7.03. The Morgan fingerprint density at radius 1 is 1.18 bits per heavy atom. The fraction of sp³-hybridized carbons (Fsp3) is 0.500. The zero-order valence-corrected chi connectivity index (χ0v) is 23.4. The number of ether oxygens (including phenoxy) is 1. The van der Waals surface area contributed by atoms with E-state index < -0.39 is 0 Å². The Balaban J connectivity index is 1.29. The molecule has 1 atom stereocenters. The first-order valence-electron chi connectivity index (χ1n) is 14.3. The monoisotopic (exact) mass is 545 g/mol. The highest BCUT2D eigenvalue weighted by molar-refractivity contribution is 5.88. The van der Waals surface area contributed by atoms with Crippen LogP contribution in [0.3, 0.4) is 0 Å². The highest BCUT2D eigenvalue weighted by Gasteiger charge is 2.27. The number of nitrogens with one attached hydrogen (secondary N) is 2. The molecule has 212 valence electrons. The second-order valence-electron chi connectivity index (χ2n) is 11.0. The summed E-state index contributed by atoms with van der Waals surface area (Å²) in [5, 5.41) is 11.5. The predicted octanol–water partition coefficient (Wildman–Crippen LogP) is 3.99. The number of hydrogen-bond donors (Lipinski definition) is 2. The third-order valence-corrected chi connectivity index (χ3v) is 7.76. The number of piperidine rings is 1. The third-order valence-electron chi connectivity index (χ3n) is 7.76. The number of rotatable bonds is 10. The van der Waals surface area contributed by atoms with Crippen molar-refractivity contribution < 1.29 is 14.3 Å². The van der Waals surface area contributed by atoms with E-state index in [0.29, 0.717) is 38.0 Å². The number of ketones is 1. The topological polar surface area (TPSA) is 114 Å². The van der Waals surface area contributed by atoms with Crippen molar-refractivity contribution in [2.45, 2.75) is 64.5 Å². The van der Waals surface area contributed by atoms with Crippen LogP contribution in [0.1, 0.15) is 62.1 Å². The van der Waals surface area contributed by atoms with Gasteiger partial charge in [-0.1, -0.05) is 44.7 Å². The van der Waals surface area contributed by atoms with Crippen LogP contribution in [-0.4, -0.2) is 68.5 Å². The molecule has 0 saturated carbocycles. The van der Waals surface area contributed by atoms with Crippen molar-refractivity contribution >= 4 is 29.2 Å². The zero-order valence-electron chi connectivity index (χ0n) is 23.4. The maximum absolute atomic E-state index is 13.1. The van der Waals surface area contributed by atoms with E-state index >= 15 is 0 Å². The number of carbonyl (C=O) groups is 2. The Hall–Kier alpha value is -3.79. The van der Waals surface area contributed by atoms with Gasteiger partial charge in [-0.05, 0) is 48.8 Å². The molecule has 2 N–H and O–H groups in total. The van der Waals surface area contributed by atoms with Gasteiger partial charge in [0.15, 0.2) is 5.65 Å². The Kier molecular flexibility index (Phi) is 8.74. The zero-order chi connectivity index (χ0) is 28.1. The molecule has 0 bridgehead atoms. The minimum Gasteiger partial charge on any atom is -0.381 e. The summed E-state index contributed by atoms with van der Waals surface area (Å²) >= 11 is 0. The van der Waals surface area contributed by atoms with Crippen LogP contribution in [0, 0.1) is 5.92 Å². The van der Waals surface area contributed by atoms with E-state index in [0.717, 1.165) is 61.2 Å². The van der Waals surface area contributed by atoms with Crippen molar-refractivity contribution in [2.75, 3.05) is 36.9 Å². The van der Waals surface area contributed by atoms with Crippen LogP contribution < -0.4 is 10.6 Å². The standard InChI is InChI=1S/C30H39N7O3/c1-4-27(39)36-12-6-9-23(19-36)26(38)16-21-7-5-8-22(15-21)17-31-30-35-29(33-24-10-13-40-14-11-24)34-28-25(20(2)3)18-32-37(28)30/h4-5,7-8,15,18,20,23-24H,1,6,9-14,16-17,19H2,2-3H3,(H2,31,33,34,35). The first-order chi connectivity index (χ1) is 19.4. The van der Waals surface area contributed by atoms with Gasteiger partial charge >= 0.3 is 0 Å². The van der Waals surface area contributed by atoms with Crippen LogP contribution in [-0.2, 0) is 27.3 Å². The summed E-state index contributed by atoms with van der Waals surface area (Å²) in [5.41, 5.74) is 3.86. The van der Waals surface area contributed by atoms with Gasteiger partial charge in [0.2, 0.25) is 17.8 Å². The highest BCUT2D eigenvalue weighted by Crippen LogP contribution is 2.24. The Morgan fingerprint density at radius 2 is 1.98 bits per heavy atom. The largest absolute Gasteiger partial charge is 0.381 e. The maximum Gasteiger partial charge on any atom is 0.245 e. The molecule has 3 aromatic rings. The van der Waals surface area contributed by atoms with Crippen LogP contribution in [0.25, 0.3) is 5.65 Å². The molecule has 1 aromatic carbocycles. The van der Waals surface area contributed by atoms with Crippen molar-refractivity contribution in [1.82, 2.24) is 24.5 Å². The van der Waals surface area contributed by atoms with E-state index in [2.05, 4.69) is 42.2 Å². The second kappa shape index (κ2) is 12.6.